The number of carbonyl (C=O) groups is 1. The SMILES string of the molecule is Cc1c(O)cccc1C(=O)Nc1ccn(C)n1. The standard InChI is InChI=1S/C12H13N3O2/c1-8-9(4-3-5-10(8)16)12(17)13-11-6-7-15(2)14-11/h3-7,16H,1-2H3,(H,13,14,17). The highest BCUT2D eigenvalue weighted by Crippen LogP contribution is 2.20. The number of phenols is 1. The molecule has 1 amide bonds. The summed E-state index contributed by atoms with van der Waals surface area (Å²) in [5.74, 6) is 0.316. The van der Waals surface area contributed by atoms with E-state index in [2.05, 4.69) is 10.4 Å². The highest BCUT2D eigenvalue weighted by atomic mass is 16.3. The van der Waals surface area contributed by atoms with Gasteiger partial charge in [-0.05, 0) is 19.1 Å². The molecule has 88 valence electrons. The zero-order chi connectivity index (χ0) is 12.4. The van der Waals surface area contributed by atoms with E-state index in [0.29, 0.717) is 16.9 Å². The van der Waals surface area contributed by atoms with E-state index in [4.69, 9.17) is 0 Å². The maximum Gasteiger partial charge on any atom is 0.257 e. The smallest absolute Gasteiger partial charge is 0.257 e. The normalized spacial score (nSPS) is 10.2. The summed E-state index contributed by atoms with van der Waals surface area (Å²) in [6.45, 7) is 1.70. The summed E-state index contributed by atoms with van der Waals surface area (Å²) in [7, 11) is 1.77. The largest absolute Gasteiger partial charge is 0.508 e. The molecule has 0 aliphatic heterocycles. The van der Waals surface area contributed by atoms with Crippen LogP contribution in [-0.4, -0.2) is 20.8 Å². The Morgan fingerprint density at radius 2 is 2.18 bits per heavy atom. The Kier molecular flexibility index (Phi) is 2.82. The maximum atomic E-state index is 11.9. The number of hydrogen-bond donors (Lipinski definition) is 2. The van der Waals surface area contributed by atoms with Crippen molar-refractivity contribution in [3.63, 3.8) is 0 Å². The second kappa shape index (κ2) is 4.29. The van der Waals surface area contributed by atoms with Gasteiger partial charge in [-0.2, -0.15) is 5.10 Å². The molecule has 5 heteroatoms. The third-order valence-electron chi connectivity index (χ3n) is 2.51. The first-order valence-corrected chi connectivity index (χ1v) is 5.17. The Balaban J connectivity index is 2.23. The Bertz CT molecular complexity index is 561. The molecule has 0 radical (unpaired) electrons. The van der Waals surface area contributed by atoms with Crippen LogP contribution in [0.15, 0.2) is 30.5 Å². The van der Waals surface area contributed by atoms with Crippen molar-refractivity contribution in [2.75, 3.05) is 5.32 Å². The van der Waals surface area contributed by atoms with Crippen molar-refractivity contribution >= 4 is 11.7 Å². The van der Waals surface area contributed by atoms with Gasteiger partial charge in [-0.1, -0.05) is 6.07 Å². The fraction of sp³-hybridized carbons (Fsp3) is 0.167. The molecule has 2 aromatic rings. The fourth-order valence-electron chi connectivity index (χ4n) is 1.53. The summed E-state index contributed by atoms with van der Waals surface area (Å²) in [6, 6.07) is 6.55. The van der Waals surface area contributed by atoms with Crippen molar-refractivity contribution in [3.8, 4) is 5.75 Å². The Morgan fingerprint density at radius 1 is 1.41 bits per heavy atom. The number of aryl methyl sites for hydroxylation is 1. The number of phenolic OH excluding ortho intramolecular Hbond substituents is 1. The summed E-state index contributed by atoms with van der Waals surface area (Å²) < 4.78 is 1.60. The van der Waals surface area contributed by atoms with Crippen LogP contribution < -0.4 is 5.32 Å². The van der Waals surface area contributed by atoms with Gasteiger partial charge in [0.2, 0.25) is 0 Å². The lowest BCUT2D eigenvalue weighted by atomic mass is 10.1. The van der Waals surface area contributed by atoms with Gasteiger partial charge in [0.25, 0.3) is 5.91 Å². The predicted octanol–water partition coefficient (Wildman–Crippen LogP) is 1.69. The van der Waals surface area contributed by atoms with Gasteiger partial charge in [0.15, 0.2) is 5.82 Å². The van der Waals surface area contributed by atoms with Gasteiger partial charge in [-0.3, -0.25) is 9.48 Å². The van der Waals surface area contributed by atoms with Crippen molar-refractivity contribution in [1.82, 2.24) is 9.78 Å². The molecule has 1 aromatic heterocycles. The second-order valence-corrected chi connectivity index (χ2v) is 3.78. The lowest BCUT2D eigenvalue weighted by Crippen LogP contribution is -2.13. The first-order valence-electron chi connectivity index (χ1n) is 5.17. The molecular formula is C12H13N3O2. The molecule has 0 fully saturated rings. The number of nitrogens with one attached hydrogen (secondary N) is 1. The van der Waals surface area contributed by atoms with E-state index < -0.39 is 0 Å². The molecule has 0 spiro atoms. The molecule has 0 bridgehead atoms. The van der Waals surface area contributed by atoms with Crippen LogP contribution >= 0.6 is 0 Å². The number of carbonyl (C=O) groups excluding carboxylic acids is 1. The molecule has 17 heavy (non-hydrogen) atoms. The van der Waals surface area contributed by atoms with Crippen LogP contribution in [0, 0.1) is 6.92 Å². The van der Waals surface area contributed by atoms with Gasteiger partial charge < -0.3 is 10.4 Å². The Hall–Kier alpha value is -2.30. The van der Waals surface area contributed by atoms with Crippen LogP contribution in [0.5, 0.6) is 5.75 Å². The molecule has 5 nitrogen and oxygen atoms in total. The summed E-state index contributed by atoms with van der Waals surface area (Å²) in [5, 5.41) is 16.2. The molecule has 0 saturated heterocycles. The van der Waals surface area contributed by atoms with Gasteiger partial charge in [-0.25, -0.2) is 0 Å². The third-order valence-corrected chi connectivity index (χ3v) is 2.51. The fourth-order valence-corrected chi connectivity index (χ4v) is 1.53. The number of nitrogens with zero attached hydrogens (tertiary/aromatic N) is 2. The van der Waals surface area contributed by atoms with Crippen molar-refractivity contribution < 1.29 is 9.90 Å². The minimum absolute atomic E-state index is 0.110. The summed E-state index contributed by atoms with van der Waals surface area (Å²) in [4.78, 5) is 11.9. The lowest BCUT2D eigenvalue weighted by molar-refractivity contribution is 0.102. The van der Waals surface area contributed by atoms with E-state index >= 15 is 0 Å². The number of aromatic nitrogens is 2. The van der Waals surface area contributed by atoms with Crippen LogP contribution in [0.4, 0.5) is 5.82 Å². The highest BCUT2D eigenvalue weighted by molar-refractivity contribution is 6.05. The number of rotatable bonds is 2. The zero-order valence-electron chi connectivity index (χ0n) is 9.64. The van der Waals surface area contributed by atoms with E-state index in [9.17, 15) is 9.90 Å². The number of anilines is 1. The first-order chi connectivity index (χ1) is 8.08. The number of amides is 1. The zero-order valence-corrected chi connectivity index (χ0v) is 9.64. The van der Waals surface area contributed by atoms with Crippen LogP contribution in [-0.2, 0) is 7.05 Å². The van der Waals surface area contributed by atoms with Crippen LogP contribution in [0.2, 0.25) is 0 Å². The molecule has 1 aromatic carbocycles. The van der Waals surface area contributed by atoms with Crippen molar-refractivity contribution in [3.05, 3.63) is 41.6 Å². The second-order valence-electron chi connectivity index (χ2n) is 3.78. The van der Waals surface area contributed by atoms with Crippen molar-refractivity contribution in [1.29, 1.82) is 0 Å². The molecule has 0 aliphatic rings. The van der Waals surface area contributed by atoms with Crippen LogP contribution in [0.3, 0.4) is 0 Å². The van der Waals surface area contributed by atoms with Gasteiger partial charge >= 0.3 is 0 Å². The number of hydrogen-bond acceptors (Lipinski definition) is 3. The molecule has 1 heterocycles. The van der Waals surface area contributed by atoms with Gasteiger partial charge in [0.1, 0.15) is 5.75 Å². The summed E-state index contributed by atoms with van der Waals surface area (Å²) in [6.07, 6.45) is 1.74. The van der Waals surface area contributed by atoms with E-state index in [1.165, 1.54) is 0 Å². The summed E-state index contributed by atoms with van der Waals surface area (Å²) >= 11 is 0. The van der Waals surface area contributed by atoms with E-state index in [1.807, 2.05) is 0 Å². The Morgan fingerprint density at radius 3 is 2.82 bits per heavy atom. The van der Waals surface area contributed by atoms with Crippen LogP contribution in [0.1, 0.15) is 15.9 Å². The van der Waals surface area contributed by atoms with Gasteiger partial charge in [0, 0.05) is 30.4 Å². The number of benzene rings is 1. The van der Waals surface area contributed by atoms with Crippen LogP contribution in [0.25, 0.3) is 0 Å². The lowest BCUT2D eigenvalue weighted by Gasteiger charge is -2.06. The Labute approximate surface area is 98.7 Å². The van der Waals surface area contributed by atoms with Crippen molar-refractivity contribution in [2.24, 2.45) is 7.05 Å². The van der Waals surface area contributed by atoms with E-state index in [-0.39, 0.29) is 11.7 Å². The monoisotopic (exact) mass is 231 g/mol. The molecule has 0 aliphatic carbocycles. The average Bonchev–Trinajstić information content (AvgIpc) is 2.68. The van der Waals surface area contributed by atoms with E-state index in [1.54, 1.807) is 49.1 Å². The minimum atomic E-state index is -0.280. The molecule has 0 saturated carbocycles. The molecule has 2 N–H and O–H groups in total. The quantitative estimate of drug-likeness (QED) is 0.826. The first kappa shape index (κ1) is 11.2. The van der Waals surface area contributed by atoms with Gasteiger partial charge in [-0.15, -0.1) is 0 Å². The molecule has 0 atom stereocenters. The van der Waals surface area contributed by atoms with Crippen molar-refractivity contribution in [2.45, 2.75) is 6.92 Å². The minimum Gasteiger partial charge on any atom is -0.508 e. The third kappa shape index (κ3) is 2.28. The topological polar surface area (TPSA) is 67.2 Å². The molecule has 2 rings (SSSR count). The summed E-state index contributed by atoms with van der Waals surface area (Å²) in [5.41, 5.74) is 0.997. The average molecular weight is 231 g/mol. The number of aromatic hydroxyl groups is 1. The van der Waals surface area contributed by atoms with E-state index in [0.717, 1.165) is 0 Å². The molecule has 0 unspecified atom stereocenters. The maximum absolute atomic E-state index is 11.9. The predicted molar refractivity (Wildman–Crippen MR) is 64.0 cm³/mol. The highest BCUT2D eigenvalue weighted by Gasteiger charge is 2.12. The van der Waals surface area contributed by atoms with Gasteiger partial charge in [0.05, 0.1) is 0 Å². The molecular weight excluding hydrogens is 218 g/mol.